The van der Waals surface area contributed by atoms with Crippen molar-refractivity contribution in [2.24, 2.45) is 5.73 Å². The normalized spacial score (nSPS) is 19.6. The van der Waals surface area contributed by atoms with E-state index in [4.69, 9.17) is 5.73 Å². The van der Waals surface area contributed by atoms with Gasteiger partial charge in [-0.3, -0.25) is 9.10 Å². The summed E-state index contributed by atoms with van der Waals surface area (Å²) >= 11 is 0. The number of carbonyl (C=O) groups is 1. The number of nitrogens with two attached hydrogens (primary N) is 1. The van der Waals surface area contributed by atoms with Crippen molar-refractivity contribution in [2.45, 2.75) is 31.7 Å². The van der Waals surface area contributed by atoms with Crippen molar-refractivity contribution in [3.63, 3.8) is 0 Å². The maximum atomic E-state index is 12.6. The molecule has 0 bridgehead atoms. The molecule has 2 aliphatic heterocycles. The van der Waals surface area contributed by atoms with Crippen LogP contribution in [0.15, 0.2) is 18.2 Å². The van der Waals surface area contributed by atoms with Gasteiger partial charge in [-0.05, 0) is 49.4 Å². The summed E-state index contributed by atoms with van der Waals surface area (Å²) in [5.74, 6) is 0.0104. The van der Waals surface area contributed by atoms with Gasteiger partial charge >= 0.3 is 0 Å². The molecule has 2 aliphatic rings. The number of sulfonamides is 1. The van der Waals surface area contributed by atoms with Crippen LogP contribution in [0, 0.1) is 0 Å². The summed E-state index contributed by atoms with van der Waals surface area (Å²) in [5.41, 5.74) is 8.15. The molecule has 0 unspecified atom stereocenters. The lowest BCUT2D eigenvalue weighted by molar-refractivity contribution is 0.0714. The second-order valence-electron chi connectivity index (χ2n) is 6.41. The number of piperidine rings is 1. The van der Waals surface area contributed by atoms with Crippen LogP contribution >= 0.6 is 0 Å². The summed E-state index contributed by atoms with van der Waals surface area (Å²) < 4.78 is 25.2. The van der Waals surface area contributed by atoms with E-state index >= 15 is 0 Å². The topological polar surface area (TPSA) is 83.7 Å². The molecule has 1 saturated heterocycles. The second-order valence-corrected chi connectivity index (χ2v) is 8.32. The first-order valence-corrected chi connectivity index (χ1v) is 9.86. The van der Waals surface area contributed by atoms with Crippen LogP contribution in [0.25, 0.3) is 0 Å². The quantitative estimate of drug-likeness (QED) is 0.871. The Kier molecular flexibility index (Phi) is 4.33. The van der Waals surface area contributed by atoms with E-state index in [0.717, 1.165) is 31.2 Å². The van der Waals surface area contributed by atoms with Gasteiger partial charge in [-0.2, -0.15) is 0 Å². The van der Waals surface area contributed by atoms with Gasteiger partial charge in [-0.15, -0.1) is 0 Å². The zero-order valence-corrected chi connectivity index (χ0v) is 14.2. The summed E-state index contributed by atoms with van der Waals surface area (Å²) in [6.07, 6.45) is 4.46. The van der Waals surface area contributed by atoms with Gasteiger partial charge < -0.3 is 10.6 Å². The molecule has 0 aliphatic carbocycles. The molecule has 1 aromatic carbocycles. The van der Waals surface area contributed by atoms with E-state index in [-0.39, 0.29) is 11.9 Å². The predicted octanol–water partition coefficient (Wildman–Crippen LogP) is 0.962. The molecule has 1 amide bonds. The van der Waals surface area contributed by atoms with Crippen molar-refractivity contribution in [1.82, 2.24) is 4.90 Å². The maximum absolute atomic E-state index is 12.6. The monoisotopic (exact) mass is 337 g/mol. The number of aryl methyl sites for hydroxylation is 1. The molecule has 23 heavy (non-hydrogen) atoms. The van der Waals surface area contributed by atoms with Crippen molar-refractivity contribution < 1.29 is 13.2 Å². The van der Waals surface area contributed by atoms with Gasteiger partial charge in [0, 0.05) is 31.2 Å². The minimum atomic E-state index is -3.27. The molecule has 1 aromatic rings. The number of likely N-dealkylation sites (tertiary alicyclic amines) is 1. The highest BCUT2D eigenvalue weighted by Gasteiger charge is 2.26. The van der Waals surface area contributed by atoms with Gasteiger partial charge in [0.05, 0.1) is 11.9 Å². The van der Waals surface area contributed by atoms with E-state index in [1.165, 1.54) is 10.6 Å². The third-order valence-electron chi connectivity index (χ3n) is 4.63. The second kappa shape index (κ2) is 6.13. The van der Waals surface area contributed by atoms with E-state index < -0.39 is 10.0 Å². The van der Waals surface area contributed by atoms with Crippen LogP contribution in [-0.2, 0) is 16.4 Å². The highest BCUT2D eigenvalue weighted by Crippen LogP contribution is 2.30. The Bertz CT molecular complexity index is 709. The van der Waals surface area contributed by atoms with Crippen LogP contribution in [0.4, 0.5) is 5.69 Å². The zero-order chi connectivity index (χ0) is 16.6. The van der Waals surface area contributed by atoms with Crippen molar-refractivity contribution in [3.8, 4) is 0 Å². The van der Waals surface area contributed by atoms with Crippen LogP contribution in [0.2, 0.25) is 0 Å². The number of hydrogen-bond acceptors (Lipinski definition) is 4. The smallest absolute Gasteiger partial charge is 0.253 e. The number of anilines is 1. The van der Waals surface area contributed by atoms with Gasteiger partial charge in [0.1, 0.15) is 0 Å². The van der Waals surface area contributed by atoms with Gasteiger partial charge in [-0.25, -0.2) is 8.42 Å². The average molecular weight is 337 g/mol. The number of benzene rings is 1. The van der Waals surface area contributed by atoms with Crippen molar-refractivity contribution in [2.75, 3.05) is 30.2 Å². The predicted molar refractivity (Wildman–Crippen MR) is 90.1 cm³/mol. The summed E-state index contributed by atoms with van der Waals surface area (Å²) in [6, 6.07) is 5.53. The first-order chi connectivity index (χ1) is 10.9. The molecule has 1 fully saturated rings. The molecular weight excluding hydrogens is 314 g/mol. The lowest BCUT2D eigenvalue weighted by Crippen LogP contribution is -2.43. The molecule has 2 heterocycles. The number of hydrogen-bond donors (Lipinski definition) is 1. The fraction of sp³-hybridized carbons (Fsp3) is 0.562. The van der Waals surface area contributed by atoms with Gasteiger partial charge in [0.15, 0.2) is 0 Å². The minimum absolute atomic E-state index is 0.0104. The Balaban J connectivity index is 1.85. The minimum Gasteiger partial charge on any atom is -0.339 e. The van der Waals surface area contributed by atoms with Crippen molar-refractivity contribution in [3.05, 3.63) is 29.3 Å². The largest absolute Gasteiger partial charge is 0.339 e. The Morgan fingerprint density at radius 2 is 1.91 bits per heavy atom. The molecule has 7 heteroatoms. The number of carbonyl (C=O) groups excluding carboxylic acids is 1. The van der Waals surface area contributed by atoms with E-state index in [2.05, 4.69) is 0 Å². The Labute approximate surface area is 137 Å². The summed E-state index contributed by atoms with van der Waals surface area (Å²) in [5, 5.41) is 0. The average Bonchev–Trinajstić information content (AvgIpc) is 2.53. The first-order valence-electron chi connectivity index (χ1n) is 8.02. The fourth-order valence-corrected chi connectivity index (χ4v) is 4.32. The number of amides is 1. The van der Waals surface area contributed by atoms with Crippen molar-refractivity contribution in [1.29, 1.82) is 0 Å². The molecule has 2 N–H and O–H groups in total. The molecule has 0 atom stereocenters. The highest BCUT2D eigenvalue weighted by atomic mass is 32.2. The lowest BCUT2D eigenvalue weighted by atomic mass is 9.99. The molecule has 126 valence electrons. The van der Waals surface area contributed by atoms with Crippen LogP contribution < -0.4 is 10.0 Å². The Morgan fingerprint density at radius 3 is 2.57 bits per heavy atom. The third-order valence-corrected chi connectivity index (χ3v) is 5.81. The summed E-state index contributed by atoms with van der Waals surface area (Å²) in [4.78, 5) is 14.5. The van der Waals surface area contributed by atoms with Crippen LogP contribution in [0.1, 0.15) is 35.2 Å². The van der Waals surface area contributed by atoms with Crippen LogP contribution in [0.5, 0.6) is 0 Å². The molecule has 6 nitrogen and oxygen atoms in total. The summed E-state index contributed by atoms with van der Waals surface area (Å²) in [7, 11) is -3.27. The van der Waals surface area contributed by atoms with Crippen molar-refractivity contribution >= 4 is 21.6 Å². The Hall–Kier alpha value is -1.60. The molecule has 0 radical (unpaired) electrons. The van der Waals surface area contributed by atoms with Gasteiger partial charge in [-0.1, -0.05) is 0 Å². The number of fused-ring (bicyclic) bond motifs is 1. The number of nitrogens with zero attached hydrogens (tertiary/aromatic N) is 2. The van der Waals surface area contributed by atoms with E-state index in [1.54, 1.807) is 12.1 Å². The Morgan fingerprint density at radius 1 is 1.22 bits per heavy atom. The highest BCUT2D eigenvalue weighted by molar-refractivity contribution is 7.92. The standard InChI is InChI=1S/C16H23N3O3S/c1-23(21,22)19-8-2-3-12-11-13(4-5-15(12)19)16(20)18-9-6-14(17)7-10-18/h4-5,11,14H,2-3,6-10,17H2,1H3. The van der Waals surface area contributed by atoms with Gasteiger partial charge in [0.25, 0.3) is 5.91 Å². The lowest BCUT2D eigenvalue weighted by Gasteiger charge is -2.32. The van der Waals surface area contributed by atoms with E-state index in [0.29, 0.717) is 30.9 Å². The maximum Gasteiger partial charge on any atom is 0.253 e. The summed E-state index contributed by atoms with van der Waals surface area (Å²) in [6.45, 7) is 1.88. The zero-order valence-electron chi connectivity index (χ0n) is 13.4. The van der Waals surface area contributed by atoms with Gasteiger partial charge in [0.2, 0.25) is 10.0 Å². The van der Waals surface area contributed by atoms with E-state index in [9.17, 15) is 13.2 Å². The molecule has 0 spiro atoms. The fourth-order valence-electron chi connectivity index (χ4n) is 3.33. The molecular formula is C16H23N3O3S. The van der Waals surface area contributed by atoms with E-state index in [1.807, 2.05) is 11.0 Å². The third kappa shape index (κ3) is 3.35. The van der Waals surface area contributed by atoms with Crippen LogP contribution in [-0.4, -0.2) is 51.2 Å². The molecule has 0 saturated carbocycles. The SMILES string of the molecule is CS(=O)(=O)N1CCCc2cc(C(=O)N3CCC(N)CC3)ccc21. The molecule has 3 rings (SSSR count). The molecule has 0 aromatic heterocycles. The number of rotatable bonds is 2. The first kappa shape index (κ1) is 16.3. The van der Waals surface area contributed by atoms with Crippen LogP contribution in [0.3, 0.4) is 0 Å².